The molecule has 0 aliphatic rings. The van der Waals surface area contributed by atoms with Gasteiger partial charge in [-0.2, -0.15) is 9.97 Å². The van der Waals surface area contributed by atoms with Crippen LogP contribution in [0, 0.1) is 23.1 Å². The summed E-state index contributed by atoms with van der Waals surface area (Å²) in [5, 5.41) is 20.8. The maximum absolute atomic E-state index is 15.7. The van der Waals surface area contributed by atoms with E-state index in [4.69, 9.17) is 0 Å². The molecule has 4 aromatic rings. The van der Waals surface area contributed by atoms with Crippen molar-refractivity contribution in [2.24, 2.45) is 0 Å². The molecule has 5 nitrogen and oxygen atoms in total. The Bertz CT molecular complexity index is 1520. The summed E-state index contributed by atoms with van der Waals surface area (Å²) in [4.78, 5) is 11.4. The standard InChI is InChI=1S/C28H29F2N3O2Si/c1-15(2)36(16(3)4,17(5)6)13-12-19-22(29)11-10-18-8-7-9-20(23(18)19)25-24(30)26-21(14-31-25)27(34)33-28(35)32-26/h7-11,14-17H,1-6H3,(H2,32,33,34,35). The van der Waals surface area contributed by atoms with Crippen molar-refractivity contribution in [1.29, 1.82) is 0 Å². The molecule has 2 N–H and O–H groups in total. The fraction of sp³-hybridized carbons (Fsp3) is 0.321. The topological polar surface area (TPSA) is 79.1 Å². The third kappa shape index (κ3) is 4.07. The van der Waals surface area contributed by atoms with Crippen LogP contribution in [-0.2, 0) is 0 Å². The lowest BCUT2D eigenvalue weighted by Crippen LogP contribution is -2.43. The van der Waals surface area contributed by atoms with Crippen molar-refractivity contribution in [2.75, 3.05) is 0 Å². The fourth-order valence-corrected chi connectivity index (χ4v) is 10.7. The smallest absolute Gasteiger partial charge is 0.317 e. The second kappa shape index (κ2) is 9.47. The Hall–Kier alpha value is -3.57. The summed E-state index contributed by atoms with van der Waals surface area (Å²) in [5.74, 6) is 1.29. The van der Waals surface area contributed by atoms with Gasteiger partial charge < -0.3 is 10.2 Å². The largest absolute Gasteiger partial charge is 0.493 e. The molecule has 2 aromatic carbocycles. The van der Waals surface area contributed by atoms with E-state index in [0.29, 0.717) is 33.0 Å². The van der Waals surface area contributed by atoms with Crippen LogP contribution in [0.15, 0.2) is 36.5 Å². The van der Waals surface area contributed by atoms with Crippen molar-refractivity contribution in [3.63, 3.8) is 0 Å². The predicted molar refractivity (Wildman–Crippen MR) is 141 cm³/mol. The van der Waals surface area contributed by atoms with E-state index >= 15 is 8.78 Å². The van der Waals surface area contributed by atoms with Gasteiger partial charge in [-0.3, -0.25) is 4.98 Å². The number of aromatic nitrogens is 3. The minimum absolute atomic E-state index is 0.0398. The molecule has 0 bridgehead atoms. The van der Waals surface area contributed by atoms with Crippen LogP contribution in [0.3, 0.4) is 0 Å². The maximum Gasteiger partial charge on any atom is 0.317 e. The quantitative estimate of drug-likeness (QED) is 0.228. The van der Waals surface area contributed by atoms with Crippen molar-refractivity contribution >= 4 is 29.7 Å². The number of halogens is 2. The van der Waals surface area contributed by atoms with Gasteiger partial charge in [0.2, 0.25) is 5.88 Å². The highest BCUT2D eigenvalue weighted by molar-refractivity contribution is 6.90. The first-order chi connectivity index (χ1) is 17.0. The Labute approximate surface area is 210 Å². The van der Waals surface area contributed by atoms with Gasteiger partial charge in [0, 0.05) is 17.1 Å². The first-order valence-electron chi connectivity index (χ1n) is 12.0. The summed E-state index contributed by atoms with van der Waals surface area (Å²) in [6.45, 7) is 13.1. The van der Waals surface area contributed by atoms with Crippen LogP contribution in [-0.4, -0.2) is 33.2 Å². The highest BCUT2D eigenvalue weighted by Crippen LogP contribution is 2.41. The van der Waals surface area contributed by atoms with E-state index in [1.54, 1.807) is 18.2 Å². The molecule has 0 saturated carbocycles. The number of nitrogens with zero attached hydrogens (tertiary/aromatic N) is 3. The Morgan fingerprint density at radius 3 is 2.19 bits per heavy atom. The van der Waals surface area contributed by atoms with Gasteiger partial charge in [0.1, 0.15) is 25.1 Å². The highest BCUT2D eigenvalue weighted by atomic mass is 28.3. The third-order valence-corrected chi connectivity index (χ3v) is 13.5. The zero-order valence-corrected chi connectivity index (χ0v) is 22.2. The molecule has 2 aromatic heterocycles. The van der Waals surface area contributed by atoms with E-state index in [9.17, 15) is 10.2 Å². The van der Waals surface area contributed by atoms with E-state index in [1.807, 2.05) is 6.07 Å². The van der Waals surface area contributed by atoms with Crippen molar-refractivity contribution in [3.8, 4) is 34.6 Å². The first-order valence-corrected chi connectivity index (χ1v) is 14.2. The number of hydrogen-bond acceptors (Lipinski definition) is 5. The third-order valence-electron chi connectivity index (χ3n) is 7.17. The van der Waals surface area contributed by atoms with E-state index in [2.05, 4.69) is 68.0 Å². The molecule has 0 atom stereocenters. The molecule has 0 amide bonds. The van der Waals surface area contributed by atoms with E-state index in [0.717, 1.165) is 0 Å². The van der Waals surface area contributed by atoms with Crippen molar-refractivity contribution in [1.82, 2.24) is 15.0 Å². The predicted octanol–water partition coefficient (Wildman–Crippen LogP) is 7.10. The number of pyridine rings is 1. The lowest BCUT2D eigenvalue weighted by atomic mass is 9.96. The Morgan fingerprint density at radius 1 is 0.889 bits per heavy atom. The number of benzene rings is 2. The number of aromatic hydroxyl groups is 2. The molecule has 0 aliphatic heterocycles. The van der Waals surface area contributed by atoms with Gasteiger partial charge in [-0.15, -0.1) is 5.54 Å². The van der Waals surface area contributed by atoms with Crippen LogP contribution in [0.2, 0.25) is 16.6 Å². The van der Waals surface area contributed by atoms with E-state index < -0.39 is 31.6 Å². The van der Waals surface area contributed by atoms with Crippen LogP contribution in [0.4, 0.5) is 8.78 Å². The summed E-state index contributed by atoms with van der Waals surface area (Å²) in [5.41, 5.74) is 4.84. The lowest BCUT2D eigenvalue weighted by molar-refractivity contribution is 0.402. The van der Waals surface area contributed by atoms with Crippen LogP contribution >= 0.6 is 0 Å². The van der Waals surface area contributed by atoms with Gasteiger partial charge >= 0.3 is 6.01 Å². The van der Waals surface area contributed by atoms with Gasteiger partial charge in [-0.25, -0.2) is 8.78 Å². The summed E-state index contributed by atoms with van der Waals surface area (Å²) in [6, 6.07) is 7.47. The van der Waals surface area contributed by atoms with Crippen LogP contribution in [0.5, 0.6) is 11.9 Å². The van der Waals surface area contributed by atoms with Crippen molar-refractivity contribution in [2.45, 2.75) is 58.2 Å². The molecular weight excluding hydrogens is 476 g/mol. The van der Waals surface area contributed by atoms with Gasteiger partial charge in [0.05, 0.1) is 10.9 Å². The molecule has 4 rings (SSSR count). The highest BCUT2D eigenvalue weighted by Gasteiger charge is 2.41. The van der Waals surface area contributed by atoms with Gasteiger partial charge in [-0.05, 0) is 28.1 Å². The van der Waals surface area contributed by atoms with Gasteiger partial charge in [0.15, 0.2) is 5.82 Å². The minimum atomic E-state index is -2.17. The molecule has 36 heavy (non-hydrogen) atoms. The number of hydrogen-bond donors (Lipinski definition) is 2. The molecular formula is C28H29F2N3O2Si. The normalized spacial score (nSPS) is 12.1. The molecule has 0 spiro atoms. The second-order valence-corrected chi connectivity index (χ2v) is 15.6. The number of fused-ring (bicyclic) bond motifs is 2. The van der Waals surface area contributed by atoms with E-state index in [-0.39, 0.29) is 22.2 Å². The zero-order valence-electron chi connectivity index (χ0n) is 21.2. The number of rotatable bonds is 4. The molecule has 0 radical (unpaired) electrons. The maximum atomic E-state index is 15.7. The first kappa shape index (κ1) is 25.5. The van der Waals surface area contributed by atoms with Gasteiger partial charge in [-0.1, -0.05) is 71.7 Å². The summed E-state index contributed by atoms with van der Waals surface area (Å²) >= 11 is 0. The molecule has 0 aliphatic carbocycles. The summed E-state index contributed by atoms with van der Waals surface area (Å²) in [6.07, 6.45) is 1.24. The average Bonchev–Trinajstić information content (AvgIpc) is 2.80. The molecule has 0 unspecified atom stereocenters. The monoisotopic (exact) mass is 505 g/mol. The van der Waals surface area contributed by atoms with Crippen molar-refractivity contribution < 1.29 is 19.0 Å². The molecule has 0 fully saturated rings. The zero-order chi connectivity index (χ0) is 26.4. The molecule has 2 heterocycles. The molecule has 186 valence electrons. The second-order valence-electron chi connectivity index (χ2n) is 10.0. The van der Waals surface area contributed by atoms with Crippen LogP contribution < -0.4 is 0 Å². The van der Waals surface area contributed by atoms with Crippen LogP contribution in [0.25, 0.3) is 32.9 Å². The Kier molecular flexibility index (Phi) is 6.71. The SMILES string of the molecule is CC(C)[Si](C#Cc1c(F)ccc2cccc(-c3ncc4c(O)nc(O)nc4c3F)c12)(C(C)C)C(C)C. The lowest BCUT2D eigenvalue weighted by Gasteiger charge is -2.38. The summed E-state index contributed by atoms with van der Waals surface area (Å²) in [7, 11) is -2.17. The Morgan fingerprint density at radius 2 is 1.56 bits per heavy atom. The molecule has 8 heteroatoms. The Balaban J connectivity index is 2.05. The fourth-order valence-electron chi connectivity index (χ4n) is 5.50. The van der Waals surface area contributed by atoms with Crippen molar-refractivity contribution in [3.05, 3.63) is 53.7 Å². The van der Waals surface area contributed by atoms with Crippen LogP contribution in [0.1, 0.15) is 47.1 Å². The van der Waals surface area contributed by atoms with Gasteiger partial charge in [0.25, 0.3) is 0 Å². The average molecular weight is 506 g/mol. The minimum Gasteiger partial charge on any atom is -0.493 e. The van der Waals surface area contributed by atoms with E-state index in [1.165, 1.54) is 12.3 Å². The summed E-state index contributed by atoms with van der Waals surface area (Å²) < 4.78 is 31.0. The molecule has 0 saturated heterocycles.